The van der Waals surface area contributed by atoms with Gasteiger partial charge in [0.2, 0.25) is 0 Å². The summed E-state index contributed by atoms with van der Waals surface area (Å²) >= 11 is 0. The van der Waals surface area contributed by atoms with Crippen LogP contribution >= 0.6 is 0 Å². The maximum Gasteiger partial charge on any atom is 0.303 e. The van der Waals surface area contributed by atoms with Gasteiger partial charge in [0, 0.05) is 31.3 Å². The number of anilines is 1. The molecule has 1 heterocycles. The molecule has 1 aliphatic carbocycles. The molecule has 150 valence electrons. The van der Waals surface area contributed by atoms with Gasteiger partial charge >= 0.3 is 5.97 Å². The molecule has 0 saturated heterocycles. The number of pyridine rings is 1. The third-order valence-corrected chi connectivity index (χ3v) is 6.05. The molecule has 5 heteroatoms. The van der Waals surface area contributed by atoms with E-state index < -0.39 is 5.97 Å². The first-order valence-corrected chi connectivity index (χ1v) is 9.84. The highest BCUT2D eigenvalue weighted by atomic mass is 19.1. The van der Waals surface area contributed by atoms with Crippen molar-refractivity contribution in [3.8, 4) is 11.1 Å². The highest BCUT2D eigenvalue weighted by Gasteiger charge is 2.34. The summed E-state index contributed by atoms with van der Waals surface area (Å²) in [5, 5.41) is 9.16. The van der Waals surface area contributed by atoms with Crippen molar-refractivity contribution in [1.29, 1.82) is 0 Å². The second-order valence-corrected chi connectivity index (χ2v) is 8.64. The maximum absolute atomic E-state index is 13.6. The minimum atomic E-state index is -0.719. The summed E-state index contributed by atoms with van der Waals surface area (Å²) in [7, 11) is 3.97. The molecule has 0 aliphatic heterocycles. The zero-order valence-corrected chi connectivity index (χ0v) is 17.1. The number of halogens is 1. The smallest absolute Gasteiger partial charge is 0.303 e. The van der Waals surface area contributed by atoms with Gasteiger partial charge in [-0.1, -0.05) is 13.0 Å². The first-order chi connectivity index (χ1) is 13.2. The summed E-state index contributed by atoms with van der Waals surface area (Å²) in [6.07, 6.45) is 5.81. The molecular weight excluding hydrogens is 355 g/mol. The molecule has 0 bridgehead atoms. The number of nitrogens with zero attached hydrogens (tertiary/aromatic N) is 2. The Morgan fingerprint density at radius 3 is 2.50 bits per heavy atom. The van der Waals surface area contributed by atoms with E-state index in [2.05, 4.69) is 13.0 Å². The van der Waals surface area contributed by atoms with Crippen molar-refractivity contribution in [2.45, 2.75) is 51.9 Å². The number of hydrogen-bond donors (Lipinski definition) is 1. The maximum atomic E-state index is 13.6. The van der Waals surface area contributed by atoms with Crippen LogP contribution < -0.4 is 4.90 Å². The molecule has 1 N–H and O–H groups in total. The molecule has 3 rings (SSSR count). The van der Waals surface area contributed by atoms with Crippen LogP contribution in [0, 0.1) is 18.2 Å². The second-order valence-electron chi connectivity index (χ2n) is 8.64. The van der Waals surface area contributed by atoms with Gasteiger partial charge in [0.15, 0.2) is 0 Å². The van der Waals surface area contributed by atoms with Crippen LogP contribution in [0.5, 0.6) is 0 Å². The Hall–Kier alpha value is -2.43. The summed E-state index contributed by atoms with van der Waals surface area (Å²) in [5.74, 6) is -0.618. The lowest BCUT2D eigenvalue weighted by Crippen LogP contribution is -2.27. The third-order valence-electron chi connectivity index (χ3n) is 6.05. The van der Waals surface area contributed by atoms with E-state index in [0.717, 1.165) is 53.8 Å². The fourth-order valence-electron chi connectivity index (χ4n) is 4.34. The van der Waals surface area contributed by atoms with E-state index in [9.17, 15) is 9.18 Å². The normalized spacial score (nSPS) is 22.1. The van der Waals surface area contributed by atoms with Crippen molar-refractivity contribution in [3.05, 3.63) is 47.5 Å². The summed E-state index contributed by atoms with van der Waals surface area (Å²) in [6.45, 7) is 4.00. The van der Waals surface area contributed by atoms with Gasteiger partial charge in [-0.15, -0.1) is 0 Å². The van der Waals surface area contributed by atoms with E-state index in [-0.39, 0.29) is 17.7 Å². The first-order valence-electron chi connectivity index (χ1n) is 9.84. The number of aromatic nitrogens is 1. The van der Waals surface area contributed by atoms with Crippen molar-refractivity contribution >= 4 is 11.7 Å². The SMILES string of the molecule is Cc1cc(F)ccc1-c1cc(C2CCC(C)(CC(=O)O)CC2)ncc1N(C)C. The highest BCUT2D eigenvalue weighted by Crippen LogP contribution is 2.45. The summed E-state index contributed by atoms with van der Waals surface area (Å²) in [6, 6.07) is 7.04. The highest BCUT2D eigenvalue weighted by molar-refractivity contribution is 5.80. The molecule has 1 aliphatic rings. The Morgan fingerprint density at radius 1 is 1.25 bits per heavy atom. The van der Waals surface area contributed by atoms with Crippen LogP contribution in [0.25, 0.3) is 11.1 Å². The Labute approximate surface area is 166 Å². The van der Waals surface area contributed by atoms with E-state index >= 15 is 0 Å². The topological polar surface area (TPSA) is 53.4 Å². The minimum Gasteiger partial charge on any atom is -0.481 e. The standard InChI is InChI=1S/C23H29FN2O2/c1-15-11-17(24)5-6-18(15)19-12-20(25-14-21(19)26(3)4)16-7-9-23(2,10-8-16)13-22(27)28/h5-6,11-12,14,16H,7-10,13H2,1-4H3,(H,27,28). The van der Waals surface area contributed by atoms with Crippen LogP contribution in [-0.2, 0) is 4.79 Å². The molecule has 28 heavy (non-hydrogen) atoms. The monoisotopic (exact) mass is 384 g/mol. The van der Waals surface area contributed by atoms with E-state index in [1.807, 2.05) is 38.2 Å². The van der Waals surface area contributed by atoms with E-state index in [4.69, 9.17) is 10.1 Å². The summed E-state index contributed by atoms with van der Waals surface area (Å²) in [5.41, 5.74) is 4.90. The number of carboxylic acids is 1. The number of carbonyl (C=O) groups is 1. The van der Waals surface area contributed by atoms with Crippen molar-refractivity contribution in [2.75, 3.05) is 19.0 Å². The van der Waals surface area contributed by atoms with Crippen molar-refractivity contribution < 1.29 is 14.3 Å². The quantitative estimate of drug-likeness (QED) is 0.750. The molecule has 1 aromatic carbocycles. The minimum absolute atomic E-state index is 0.123. The average Bonchev–Trinajstić information content (AvgIpc) is 2.61. The lowest BCUT2D eigenvalue weighted by atomic mass is 9.69. The summed E-state index contributed by atoms with van der Waals surface area (Å²) in [4.78, 5) is 17.9. The first kappa shape index (κ1) is 20.3. The van der Waals surface area contributed by atoms with Crippen LogP contribution in [-0.4, -0.2) is 30.2 Å². The van der Waals surface area contributed by atoms with Gasteiger partial charge in [0.25, 0.3) is 0 Å². The molecule has 0 atom stereocenters. The predicted octanol–water partition coefficient (Wildman–Crippen LogP) is 5.40. The van der Waals surface area contributed by atoms with Gasteiger partial charge < -0.3 is 10.0 Å². The third kappa shape index (κ3) is 4.34. The van der Waals surface area contributed by atoms with Gasteiger partial charge in [0.05, 0.1) is 18.3 Å². The Morgan fingerprint density at radius 2 is 1.93 bits per heavy atom. The number of rotatable bonds is 5. The molecule has 0 radical (unpaired) electrons. The van der Waals surface area contributed by atoms with Crippen molar-refractivity contribution in [3.63, 3.8) is 0 Å². The average molecular weight is 384 g/mol. The number of aryl methyl sites for hydroxylation is 1. The largest absolute Gasteiger partial charge is 0.481 e. The Bertz CT molecular complexity index is 871. The molecular formula is C23H29FN2O2. The Kier molecular flexibility index (Phi) is 5.73. The van der Waals surface area contributed by atoms with Crippen LogP contribution in [0.3, 0.4) is 0 Å². The number of carboxylic acid groups (broad SMARTS) is 1. The molecule has 0 amide bonds. The van der Waals surface area contributed by atoms with Gasteiger partial charge in [-0.05, 0) is 67.3 Å². The number of hydrogen-bond acceptors (Lipinski definition) is 3. The van der Waals surface area contributed by atoms with Gasteiger partial charge in [-0.3, -0.25) is 9.78 Å². The van der Waals surface area contributed by atoms with Crippen LogP contribution in [0.1, 0.15) is 56.2 Å². The summed E-state index contributed by atoms with van der Waals surface area (Å²) < 4.78 is 13.6. The molecule has 4 nitrogen and oxygen atoms in total. The van der Waals surface area contributed by atoms with Crippen molar-refractivity contribution in [1.82, 2.24) is 4.98 Å². The molecule has 1 aromatic heterocycles. The predicted molar refractivity (Wildman–Crippen MR) is 110 cm³/mol. The number of benzene rings is 1. The van der Waals surface area contributed by atoms with E-state index in [1.165, 1.54) is 6.07 Å². The zero-order valence-electron chi connectivity index (χ0n) is 17.1. The molecule has 0 unspecified atom stereocenters. The van der Waals surface area contributed by atoms with Gasteiger partial charge in [-0.25, -0.2) is 4.39 Å². The van der Waals surface area contributed by atoms with E-state index in [1.54, 1.807) is 6.07 Å². The second kappa shape index (κ2) is 7.90. The van der Waals surface area contributed by atoms with Crippen LogP contribution in [0.2, 0.25) is 0 Å². The van der Waals surface area contributed by atoms with Crippen molar-refractivity contribution in [2.24, 2.45) is 5.41 Å². The molecule has 2 aromatic rings. The van der Waals surface area contributed by atoms with E-state index in [0.29, 0.717) is 5.92 Å². The molecule has 1 fully saturated rings. The lowest BCUT2D eigenvalue weighted by Gasteiger charge is -2.36. The lowest BCUT2D eigenvalue weighted by molar-refractivity contribution is -0.140. The van der Waals surface area contributed by atoms with Gasteiger partial charge in [-0.2, -0.15) is 0 Å². The van der Waals surface area contributed by atoms with Crippen LogP contribution in [0.15, 0.2) is 30.5 Å². The fourth-order valence-corrected chi connectivity index (χ4v) is 4.34. The Balaban J connectivity index is 1.91. The molecule has 0 spiro atoms. The van der Waals surface area contributed by atoms with Crippen LogP contribution in [0.4, 0.5) is 10.1 Å². The van der Waals surface area contributed by atoms with Gasteiger partial charge in [0.1, 0.15) is 5.82 Å². The molecule has 1 saturated carbocycles. The fraction of sp³-hybridized carbons (Fsp3) is 0.478. The zero-order chi connectivity index (χ0) is 20.5. The number of aliphatic carboxylic acids is 1.